The number of likely N-dealkylation sites (tertiary alicyclic amines) is 1. The van der Waals surface area contributed by atoms with Crippen LogP contribution in [-0.2, 0) is 6.18 Å². The number of pyridine rings is 1. The summed E-state index contributed by atoms with van der Waals surface area (Å²) in [5, 5.41) is 0. The number of allylic oxidation sites excluding steroid dienone is 1. The molecule has 0 bridgehead atoms. The second-order valence-corrected chi connectivity index (χ2v) is 5.84. The average Bonchev–Trinajstić information content (AvgIpc) is 3.08. The van der Waals surface area contributed by atoms with Gasteiger partial charge in [0.25, 0.3) is 5.91 Å². The topological polar surface area (TPSA) is 36.4 Å². The number of carbonyl (C=O) groups excluding carboxylic acids is 1. The van der Waals surface area contributed by atoms with Crippen LogP contribution in [0.3, 0.4) is 0 Å². The molecule has 124 valence electrons. The zero-order chi connectivity index (χ0) is 16.4. The van der Waals surface area contributed by atoms with Crippen molar-refractivity contribution in [3.8, 4) is 0 Å². The van der Waals surface area contributed by atoms with Gasteiger partial charge in [-0.15, -0.1) is 0 Å². The number of aromatic nitrogens is 1. The minimum Gasteiger partial charge on any atom is -0.374 e. The molecule has 2 aliphatic heterocycles. The van der Waals surface area contributed by atoms with Gasteiger partial charge < -0.3 is 9.80 Å². The molecular weight excluding hydrogens is 307 g/mol. The van der Waals surface area contributed by atoms with Crippen molar-refractivity contribution in [2.75, 3.05) is 19.6 Å². The minimum absolute atomic E-state index is 0.390. The third-order valence-electron chi connectivity index (χ3n) is 4.27. The number of alkyl halides is 3. The van der Waals surface area contributed by atoms with E-state index in [-0.39, 0.29) is 5.56 Å². The molecule has 1 aromatic heterocycles. The Morgan fingerprint density at radius 2 is 1.87 bits per heavy atom. The van der Waals surface area contributed by atoms with Crippen LogP contribution < -0.4 is 0 Å². The number of carbonyl (C=O) groups is 1. The lowest BCUT2D eigenvalue weighted by atomic mass is 10.1. The lowest BCUT2D eigenvalue weighted by Crippen LogP contribution is -2.34. The predicted molar refractivity (Wildman–Crippen MR) is 78.4 cm³/mol. The molecule has 0 N–H and O–H groups in total. The summed E-state index contributed by atoms with van der Waals surface area (Å²) in [6.07, 6.45) is 3.07. The lowest BCUT2D eigenvalue weighted by molar-refractivity contribution is -0.138. The Bertz CT molecular complexity index is 621. The van der Waals surface area contributed by atoms with Gasteiger partial charge in [-0.05, 0) is 31.7 Å². The molecule has 3 rings (SSSR count). The maximum absolute atomic E-state index is 13.1. The average molecular weight is 325 g/mol. The van der Waals surface area contributed by atoms with Gasteiger partial charge in [0.2, 0.25) is 0 Å². The summed E-state index contributed by atoms with van der Waals surface area (Å²) in [5.41, 5.74) is -0.280. The Labute approximate surface area is 132 Å². The fourth-order valence-corrected chi connectivity index (χ4v) is 3.11. The molecule has 3 heterocycles. The Hall–Kier alpha value is -2.05. The van der Waals surface area contributed by atoms with Gasteiger partial charge >= 0.3 is 6.18 Å². The summed E-state index contributed by atoms with van der Waals surface area (Å²) in [6.45, 7) is 2.34. The van der Waals surface area contributed by atoms with Crippen LogP contribution in [0.15, 0.2) is 30.4 Å². The van der Waals surface area contributed by atoms with Crippen molar-refractivity contribution >= 4 is 5.91 Å². The molecule has 0 radical (unpaired) electrons. The molecule has 0 aliphatic carbocycles. The Kier molecular flexibility index (Phi) is 4.28. The Morgan fingerprint density at radius 1 is 1.13 bits per heavy atom. The first-order valence-corrected chi connectivity index (χ1v) is 7.74. The van der Waals surface area contributed by atoms with Crippen LogP contribution >= 0.6 is 0 Å². The van der Waals surface area contributed by atoms with Gasteiger partial charge in [-0.3, -0.25) is 9.78 Å². The van der Waals surface area contributed by atoms with Crippen molar-refractivity contribution in [2.24, 2.45) is 0 Å². The number of hydrogen-bond acceptors (Lipinski definition) is 3. The zero-order valence-corrected chi connectivity index (χ0v) is 12.6. The van der Waals surface area contributed by atoms with E-state index in [4.69, 9.17) is 0 Å². The van der Waals surface area contributed by atoms with Crippen molar-refractivity contribution in [3.63, 3.8) is 0 Å². The van der Waals surface area contributed by atoms with E-state index >= 15 is 0 Å². The largest absolute Gasteiger partial charge is 0.417 e. The summed E-state index contributed by atoms with van der Waals surface area (Å²) in [5.74, 6) is -0.637. The molecule has 4 nitrogen and oxygen atoms in total. The lowest BCUT2D eigenvalue weighted by Gasteiger charge is -2.30. The van der Waals surface area contributed by atoms with Gasteiger partial charge in [0, 0.05) is 43.9 Å². The second kappa shape index (κ2) is 6.22. The molecule has 23 heavy (non-hydrogen) atoms. The number of amides is 1. The molecule has 2 aliphatic rings. The smallest absolute Gasteiger partial charge is 0.374 e. The van der Waals surface area contributed by atoms with Crippen LogP contribution in [0.25, 0.3) is 0 Å². The zero-order valence-electron chi connectivity index (χ0n) is 12.6. The van der Waals surface area contributed by atoms with Crippen LogP contribution in [0.1, 0.15) is 41.6 Å². The molecule has 1 saturated heterocycles. The maximum atomic E-state index is 13.1. The first kappa shape index (κ1) is 15.8. The Morgan fingerprint density at radius 3 is 2.57 bits per heavy atom. The molecule has 0 unspecified atom stereocenters. The highest BCUT2D eigenvalue weighted by atomic mass is 19.4. The first-order chi connectivity index (χ1) is 11.0. The van der Waals surface area contributed by atoms with Crippen LogP contribution in [-0.4, -0.2) is 40.3 Å². The molecule has 0 spiro atoms. The van der Waals surface area contributed by atoms with Gasteiger partial charge in [-0.2, -0.15) is 13.2 Å². The fraction of sp³-hybridized carbons (Fsp3) is 0.500. The van der Waals surface area contributed by atoms with Crippen LogP contribution in [0, 0.1) is 0 Å². The molecule has 1 amide bonds. The van der Waals surface area contributed by atoms with E-state index in [2.05, 4.69) is 9.88 Å². The standard InChI is InChI=1S/C16H18F3N3O/c17-16(18,19)14-5-6-20-10-13(14)15(23)22-9-3-4-12(11-22)21-7-1-2-8-21/h5-6,10-11H,1-4,7-9H2. The minimum atomic E-state index is -4.56. The number of rotatable bonds is 2. The quantitative estimate of drug-likeness (QED) is 0.837. The summed E-state index contributed by atoms with van der Waals surface area (Å²) in [7, 11) is 0. The van der Waals surface area contributed by atoms with E-state index in [1.165, 1.54) is 4.90 Å². The van der Waals surface area contributed by atoms with E-state index < -0.39 is 17.6 Å². The molecule has 1 aromatic rings. The maximum Gasteiger partial charge on any atom is 0.417 e. The molecule has 0 aromatic carbocycles. The predicted octanol–water partition coefficient (Wildman–Crippen LogP) is 3.27. The van der Waals surface area contributed by atoms with Gasteiger partial charge in [-0.1, -0.05) is 0 Å². The Balaban J connectivity index is 1.87. The number of nitrogens with zero attached hydrogens (tertiary/aromatic N) is 3. The SMILES string of the molecule is O=C(c1cnccc1C(F)(F)F)N1C=C(N2CCCC2)CCC1. The summed E-state index contributed by atoms with van der Waals surface area (Å²) in [6, 6.07) is 0.849. The van der Waals surface area contributed by atoms with E-state index in [0.717, 1.165) is 62.9 Å². The van der Waals surface area contributed by atoms with Gasteiger partial charge in [0.15, 0.2) is 0 Å². The number of halogens is 3. The van der Waals surface area contributed by atoms with Gasteiger partial charge in [0.1, 0.15) is 0 Å². The third kappa shape index (κ3) is 3.33. The fourth-order valence-electron chi connectivity index (χ4n) is 3.11. The molecule has 0 saturated carbocycles. The molecular formula is C16H18F3N3O. The molecule has 1 fully saturated rings. The van der Waals surface area contributed by atoms with E-state index in [1.807, 2.05) is 0 Å². The summed E-state index contributed by atoms with van der Waals surface area (Å²) < 4.78 is 39.2. The van der Waals surface area contributed by atoms with E-state index in [1.54, 1.807) is 6.20 Å². The van der Waals surface area contributed by atoms with Gasteiger partial charge in [0.05, 0.1) is 11.1 Å². The number of hydrogen-bond donors (Lipinski definition) is 0. The summed E-state index contributed by atoms with van der Waals surface area (Å²) in [4.78, 5) is 19.9. The van der Waals surface area contributed by atoms with Crippen molar-refractivity contribution in [2.45, 2.75) is 31.9 Å². The van der Waals surface area contributed by atoms with Crippen molar-refractivity contribution < 1.29 is 18.0 Å². The highest BCUT2D eigenvalue weighted by molar-refractivity contribution is 5.96. The first-order valence-electron chi connectivity index (χ1n) is 7.74. The van der Waals surface area contributed by atoms with Crippen molar-refractivity contribution in [3.05, 3.63) is 41.5 Å². The van der Waals surface area contributed by atoms with Crippen molar-refractivity contribution in [1.82, 2.24) is 14.8 Å². The van der Waals surface area contributed by atoms with Crippen LogP contribution in [0.4, 0.5) is 13.2 Å². The van der Waals surface area contributed by atoms with E-state index in [0.29, 0.717) is 6.54 Å². The molecule has 7 heteroatoms. The van der Waals surface area contributed by atoms with E-state index in [9.17, 15) is 18.0 Å². The second-order valence-electron chi connectivity index (χ2n) is 5.84. The monoisotopic (exact) mass is 325 g/mol. The normalized spacial score (nSPS) is 19.0. The van der Waals surface area contributed by atoms with Crippen molar-refractivity contribution in [1.29, 1.82) is 0 Å². The van der Waals surface area contributed by atoms with Crippen LogP contribution in [0.5, 0.6) is 0 Å². The highest BCUT2D eigenvalue weighted by Crippen LogP contribution is 2.32. The third-order valence-corrected chi connectivity index (χ3v) is 4.27. The highest BCUT2D eigenvalue weighted by Gasteiger charge is 2.36. The van der Waals surface area contributed by atoms with Crippen LogP contribution in [0.2, 0.25) is 0 Å². The molecule has 0 atom stereocenters. The summed E-state index contributed by atoms with van der Waals surface area (Å²) >= 11 is 0. The van der Waals surface area contributed by atoms with Gasteiger partial charge in [-0.25, -0.2) is 0 Å².